The monoisotopic (exact) mass is 303 g/mol. The van der Waals surface area contributed by atoms with Gasteiger partial charge in [-0.2, -0.15) is 10.5 Å². The molecule has 0 spiro atoms. The van der Waals surface area contributed by atoms with E-state index in [1.165, 1.54) is 12.8 Å². The normalized spacial score (nSPS) is 25.2. The lowest BCUT2D eigenvalue weighted by Gasteiger charge is -2.30. The molecule has 2 heterocycles. The molecular weight excluding hydrogens is 278 g/mol. The summed E-state index contributed by atoms with van der Waals surface area (Å²) < 4.78 is 0. The van der Waals surface area contributed by atoms with Crippen molar-refractivity contribution >= 4 is 5.91 Å². The number of nitrogens with zero attached hydrogens (tertiary/aromatic N) is 5. The van der Waals surface area contributed by atoms with Crippen molar-refractivity contribution in [2.45, 2.75) is 44.2 Å². The van der Waals surface area contributed by atoms with Gasteiger partial charge in [0.05, 0.1) is 31.5 Å². The van der Waals surface area contributed by atoms with Crippen molar-refractivity contribution in [2.75, 3.05) is 39.8 Å². The lowest BCUT2D eigenvalue weighted by molar-refractivity contribution is -0.133. The molecule has 0 N–H and O–H groups in total. The summed E-state index contributed by atoms with van der Waals surface area (Å²) in [4.78, 5) is 19.0. The maximum atomic E-state index is 12.6. The summed E-state index contributed by atoms with van der Waals surface area (Å²) in [5.41, 5.74) is 0. The van der Waals surface area contributed by atoms with Gasteiger partial charge >= 0.3 is 0 Å². The van der Waals surface area contributed by atoms with E-state index in [0.29, 0.717) is 44.6 Å². The van der Waals surface area contributed by atoms with Crippen molar-refractivity contribution in [3.63, 3.8) is 0 Å². The highest BCUT2D eigenvalue weighted by Crippen LogP contribution is 2.29. The number of hydrogen-bond donors (Lipinski definition) is 0. The molecule has 2 bridgehead atoms. The van der Waals surface area contributed by atoms with Gasteiger partial charge in [-0.3, -0.25) is 9.69 Å². The molecule has 2 saturated heterocycles. The van der Waals surface area contributed by atoms with Crippen molar-refractivity contribution in [3.8, 4) is 12.1 Å². The molecule has 0 aromatic rings. The minimum Gasteiger partial charge on any atom is -0.340 e. The molecule has 0 radical (unpaired) electrons. The predicted molar refractivity (Wildman–Crippen MR) is 82.7 cm³/mol. The Kier molecular flexibility index (Phi) is 6.18. The van der Waals surface area contributed by atoms with Gasteiger partial charge in [0, 0.05) is 31.7 Å². The number of nitriles is 2. The van der Waals surface area contributed by atoms with E-state index < -0.39 is 0 Å². The highest BCUT2D eigenvalue weighted by molar-refractivity contribution is 5.78. The topological polar surface area (TPSA) is 74.4 Å². The highest BCUT2D eigenvalue weighted by Gasteiger charge is 2.37. The number of fused-ring (bicyclic) bond motifs is 2. The average molecular weight is 303 g/mol. The first-order chi connectivity index (χ1) is 10.7. The maximum Gasteiger partial charge on any atom is 0.236 e. The minimum atomic E-state index is 0.0620. The van der Waals surface area contributed by atoms with Crippen LogP contribution in [-0.2, 0) is 4.79 Å². The smallest absolute Gasteiger partial charge is 0.236 e. The van der Waals surface area contributed by atoms with Crippen LogP contribution in [0.1, 0.15) is 32.1 Å². The van der Waals surface area contributed by atoms with Gasteiger partial charge in [-0.15, -0.1) is 0 Å². The minimum absolute atomic E-state index is 0.0620. The van der Waals surface area contributed by atoms with Crippen LogP contribution in [0.3, 0.4) is 0 Å². The lowest BCUT2D eigenvalue weighted by Crippen LogP contribution is -2.46. The average Bonchev–Trinajstić information content (AvgIpc) is 2.78. The molecule has 6 heteroatoms. The van der Waals surface area contributed by atoms with Gasteiger partial charge in [0.25, 0.3) is 0 Å². The molecule has 0 aliphatic carbocycles. The largest absolute Gasteiger partial charge is 0.340 e. The zero-order chi connectivity index (χ0) is 15.9. The predicted octanol–water partition coefficient (Wildman–Crippen LogP) is 0.811. The van der Waals surface area contributed by atoms with Crippen LogP contribution in [0, 0.1) is 22.7 Å². The second-order valence-corrected chi connectivity index (χ2v) is 6.31. The zero-order valence-corrected chi connectivity index (χ0v) is 13.4. The van der Waals surface area contributed by atoms with Crippen LogP contribution < -0.4 is 0 Å². The second kappa shape index (κ2) is 8.12. The summed E-state index contributed by atoms with van der Waals surface area (Å²) in [6.07, 6.45) is 4.12. The van der Waals surface area contributed by atoms with Gasteiger partial charge in [0.15, 0.2) is 0 Å². The fraction of sp³-hybridized carbons (Fsp3) is 0.812. The highest BCUT2D eigenvalue weighted by atomic mass is 16.2. The fourth-order valence-corrected chi connectivity index (χ4v) is 3.59. The van der Waals surface area contributed by atoms with E-state index in [2.05, 4.69) is 29.0 Å². The molecule has 0 unspecified atom stereocenters. The number of carbonyl (C=O) groups excluding carboxylic acids is 1. The first-order valence-corrected chi connectivity index (χ1v) is 8.11. The fourth-order valence-electron chi connectivity index (χ4n) is 3.59. The first-order valence-electron chi connectivity index (χ1n) is 8.11. The molecule has 2 aliphatic heterocycles. The van der Waals surface area contributed by atoms with Crippen LogP contribution in [0.4, 0.5) is 0 Å². The molecule has 22 heavy (non-hydrogen) atoms. The summed E-state index contributed by atoms with van der Waals surface area (Å²) in [5, 5.41) is 17.5. The van der Waals surface area contributed by atoms with Gasteiger partial charge < -0.3 is 9.80 Å². The molecule has 2 aliphatic rings. The molecule has 2 rings (SSSR count). The Morgan fingerprint density at radius 1 is 1.14 bits per heavy atom. The van der Waals surface area contributed by atoms with E-state index in [1.807, 2.05) is 0 Å². The van der Waals surface area contributed by atoms with E-state index in [4.69, 9.17) is 10.5 Å². The quantitative estimate of drug-likeness (QED) is 0.726. The van der Waals surface area contributed by atoms with Crippen LogP contribution in [0.25, 0.3) is 0 Å². The first kappa shape index (κ1) is 16.7. The Labute approximate surface area is 132 Å². The molecule has 0 aromatic carbocycles. The molecule has 0 aromatic heterocycles. The van der Waals surface area contributed by atoms with Crippen molar-refractivity contribution in [1.82, 2.24) is 14.7 Å². The summed E-state index contributed by atoms with van der Waals surface area (Å²) in [5.74, 6) is 0.0620. The Morgan fingerprint density at radius 2 is 1.77 bits per heavy atom. The number of likely N-dealkylation sites (tertiary alicyclic amines) is 1. The van der Waals surface area contributed by atoms with Gasteiger partial charge in [0.2, 0.25) is 5.91 Å². The van der Waals surface area contributed by atoms with Crippen molar-refractivity contribution in [2.24, 2.45) is 0 Å². The van der Waals surface area contributed by atoms with Crippen LogP contribution in [0.2, 0.25) is 0 Å². The van der Waals surface area contributed by atoms with E-state index in [-0.39, 0.29) is 5.91 Å². The molecular formula is C16H25N5O. The van der Waals surface area contributed by atoms with E-state index in [0.717, 1.165) is 19.5 Å². The summed E-state index contributed by atoms with van der Waals surface area (Å²) >= 11 is 0. The molecule has 6 nitrogen and oxygen atoms in total. The Hall–Kier alpha value is -1.63. The third-order valence-electron chi connectivity index (χ3n) is 4.80. The standard InChI is InChI=1S/C16H25N5O/c1-19-11-6-14-4-5-15(12-19)21(14)13-16(22)20(9-2-7-17)10-3-8-18/h14-15H,2-6,9-13H2,1H3/t14-,15+/m0/s1. The number of rotatable bonds is 6. The molecule has 2 fully saturated rings. The molecule has 120 valence electrons. The third-order valence-corrected chi connectivity index (χ3v) is 4.80. The number of hydrogen-bond acceptors (Lipinski definition) is 5. The third kappa shape index (κ3) is 4.19. The zero-order valence-electron chi connectivity index (χ0n) is 13.4. The van der Waals surface area contributed by atoms with E-state index in [1.54, 1.807) is 4.90 Å². The number of carbonyl (C=O) groups is 1. The Morgan fingerprint density at radius 3 is 2.41 bits per heavy atom. The SMILES string of the molecule is CN1CC[C@@H]2CC[C@H](C1)N2CC(=O)N(CCC#N)CCC#N. The van der Waals surface area contributed by atoms with Crippen molar-refractivity contribution < 1.29 is 4.79 Å². The van der Waals surface area contributed by atoms with E-state index in [9.17, 15) is 4.79 Å². The Balaban J connectivity index is 1.96. The van der Waals surface area contributed by atoms with Gasteiger partial charge in [-0.05, 0) is 32.9 Å². The molecule has 0 saturated carbocycles. The van der Waals surface area contributed by atoms with Crippen LogP contribution >= 0.6 is 0 Å². The van der Waals surface area contributed by atoms with Crippen molar-refractivity contribution in [1.29, 1.82) is 10.5 Å². The summed E-state index contributed by atoms with van der Waals surface area (Å²) in [7, 11) is 2.15. The van der Waals surface area contributed by atoms with Crippen LogP contribution in [0.15, 0.2) is 0 Å². The lowest BCUT2D eigenvalue weighted by atomic mass is 10.1. The Bertz CT molecular complexity index is 448. The van der Waals surface area contributed by atoms with Gasteiger partial charge in [-0.1, -0.05) is 0 Å². The number of likely N-dealkylation sites (N-methyl/N-ethyl adjacent to an activating group) is 1. The van der Waals surface area contributed by atoms with E-state index >= 15 is 0 Å². The molecule has 2 atom stereocenters. The van der Waals surface area contributed by atoms with Crippen molar-refractivity contribution in [3.05, 3.63) is 0 Å². The van der Waals surface area contributed by atoms with Crippen LogP contribution in [0.5, 0.6) is 0 Å². The van der Waals surface area contributed by atoms with Gasteiger partial charge in [-0.25, -0.2) is 0 Å². The maximum absolute atomic E-state index is 12.6. The van der Waals surface area contributed by atoms with Crippen LogP contribution in [-0.4, -0.2) is 72.5 Å². The molecule has 1 amide bonds. The second-order valence-electron chi connectivity index (χ2n) is 6.31. The number of amides is 1. The van der Waals surface area contributed by atoms with Gasteiger partial charge in [0.1, 0.15) is 0 Å². The summed E-state index contributed by atoms with van der Waals surface area (Å²) in [6.45, 7) is 3.42. The summed E-state index contributed by atoms with van der Waals surface area (Å²) in [6, 6.07) is 5.14.